The van der Waals surface area contributed by atoms with Gasteiger partial charge in [0.25, 0.3) is 0 Å². The van der Waals surface area contributed by atoms with Crippen molar-refractivity contribution in [1.29, 1.82) is 0 Å². The summed E-state index contributed by atoms with van der Waals surface area (Å²) in [6, 6.07) is 2.17. The Morgan fingerprint density at radius 1 is 1.44 bits per heavy atom. The van der Waals surface area contributed by atoms with Gasteiger partial charge in [-0.15, -0.1) is 0 Å². The van der Waals surface area contributed by atoms with Crippen LogP contribution in [0.1, 0.15) is 12.0 Å². The largest absolute Gasteiger partial charge is 0.481 e. The van der Waals surface area contributed by atoms with E-state index in [1.807, 2.05) is 0 Å². The number of aryl methyl sites for hydroxylation is 1. The van der Waals surface area contributed by atoms with Crippen LogP contribution in [-0.4, -0.2) is 23.7 Å². The minimum atomic E-state index is -0.999. The van der Waals surface area contributed by atoms with Crippen LogP contribution < -0.4 is 10.6 Å². The average Bonchev–Trinajstić information content (AvgIpc) is 2.25. The summed E-state index contributed by atoms with van der Waals surface area (Å²) in [6.07, 6.45) is -0.166. The standard InChI is InChI=1S/C11H12BrFN2O3/c1-6-4-7(12)8(13)5-9(6)15-11(18)14-3-2-10(16)17/h4-5H,2-3H2,1H3,(H,16,17)(H2,14,15,18). The van der Waals surface area contributed by atoms with Crippen molar-refractivity contribution in [2.24, 2.45) is 0 Å². The normalized spacial score (nSPS) is 9.94. The molecule has 98 valence electrons. The van der Waals surface area contributed by atoms with E-state index in [9.17, 15) is 14.0 Å². The van der Waals surface area contributed by atoms with E-state index in [1.54, 1.807) is 13.0 Å². The number of rotatable bonds is 4. The van der Waals surface area contributed by atoms with Crippen LogP contribution in [0, 0.1) is 12.7 Å². The van der Waals surface area contributed by atoms with Crippen LogP contribution >= 0.6 is 15.9 Å². The molecule has 0 aromatic heterocycles. The van der Waals surface area contributed by atoms with Gasteiger partial charge in [-0.2, -0.15) is 0 Å². The maximum Gasteiger partial charge on any atom is 0.319 e. The van der Waals surface area contributed by atoms with Crippen molar-refractivity contribution in [3.8, 4) is 0 Å². The predicted octanol–water partition coefficient (Wildman–Crippen LogP) is 2.49. The van der Waals surface area contributed by atoms with Gasteiger partial charge >= 0.3 is 12.0 Å². The topological polar surface area (TPSA) is 78.4 Å². The highest BCUT2D eigenvalue weighted by molar-refractivity contribution is 9.10. The molecule has 7 heteroatoms. The lowest BCUT2D eigenvalue weighted by atomic mass is 10.2. The molecule has 1 rings (SSSR count). The van der Waals surface area contributed by atoms with Gasteiger partial charge in [-0.1, -0.05) is 0 Å². The molecule has 0 radical (unpaired) electrons. The molecule has 0 bridgehead atoms. The van der Waals surface area contributed by atoms with E-state index in [-0.39, 0.29) is 13.0 Å². The molecule has 1 aromatic rings. The second kappa shape index (κ2) is 6.34. The maximum atomic E-state index is 13.3. The van der Waals surface area contributed by atoms with Gasteiger partial charge in [-0.05, 0) is 40.5 Å². The Labute approximate surface area is 112 Å². The Hall–Kier alpha value is -1.63. The maximum absolute atomic E-state index is 13.3. The van der Waals surface area contributed by atoms with Gasteiger partial charge in [0.1, 0.15) is 5.82 Å². The first kappa shape index (κ1) is 14.4. The zero-order valence-electron chi connectivity index (χ0n) is 9.59. The first-order valence-corrected chi connectivity index (χ1v) is 5.91. The highest BCUT2D eigenvalue weighted by atomic mass is 79.9. The van der Waals surface area contributed by atoms with Gasteiger partial charge in [-0.3, -0.25) is 4.79 Å². The molecule has 0 saturated heterocycles. The van der Waals surface area contributed by atoms with Gasteiger partial charge < -0.3 is 15.7 Å². The molecule has 0 heterocycles. The molecule has 0 aliphatic carbocycles. The lowest BCUT2D eigenvalue weighted by Crippen LogP contribution is -2.30. The third-order valence-electron chi connectivity index (χ3n) is 2.14. The first-order chi connectivity index (χ1) is 8.40. The molecule has 0 unspecified atom stereocenters. The fourth-order valence-electron chi connectivity index (χ4n) is 1.23. The van der Waals surface area contributed by atoms with Crippen molar-refractivity contribution in [2.45, 2.75) is 13.3 Å². The average molecular weight is 319 g/mol. The summed E-state index contributed by atoms with van der Waals surface area (Å²) in [5.74, 6) is -1.48. The number of benzene rings is 1. The van der Waals surface area contributed by atoms with E-state index >= 15 is 0 Å². The van der Waals surface area contributed by atoms with Crippen molar-refractivity contribution in [2.75, 3.05) is 11.9 Å². The molecule has 2 amide bonds. The Morgan fingerprint density at radius 3 is 2.72 bits per heavy atom. The smallest absolute Gasteiger partial charge is 0.319 e. The van der Waals surface area contributed by atoms with E-state index in [0.29, 0.717) is 15.7 Å². The second-order valence-corrected chi connectivity index (χ2v) is 4.46. The van der Waals surface area contributed by atoms with Gasteiger partial charge in [-0.25, -0.2) is 9.18 Å². The van der Waals surface area contributed by atoms with Crippen molar-refractivity contribution >= 4 is 33.6 Å². The molecule has 5 nitrogen and oxygen atoms in total. The number of hydrogen-bond donors (Lipinski definition) is 3. The van der Waals surface area contributed by atoms with Crippen molar-refractivity contribution < 1.29 is 19.1 Å². The lowest BCUT2D eigenvalue weighted by Gasteiger charge is -2.10. The number of urea groups is 1. The first-order valence-electron chi connectivity index (χ1n) is 5.12. The zero-order valence-corrected chi connectivity index (χ0v) is 11.2. The Kier molecular flexibility index (Phi) is 5.08. The number of anilines is 1. The molecule has 0 saturated carbocycles. The number of aliphatic carboxylic acids is 1. The molecule has 0 aliphatic heterocycles. The molecule has 0 spiro atoms. The number of carbonyl (C=O) groups is 2. The van der Waals surface area contributed by atoms with Gasteiger partial charge in [0.2, 0.25) is 0 Å². The predicted molar refractivity (Wildman–Crippen MR) is 68.1 cm³/mol. The molecule has 0 aliphatic rings. The fourth-order valence-corrected chi connectivity index (χ4v) is 1.69. The van der Waals surface area contributed by atoms with E-state index in [1.165, 1.54) is 6.07 Å². The monoisotopic (exact) mass is 318 g/mol. The van der Waals surface area contributed by atoms with Gasteiger partial charge in [0.05, 0.1) is 10.9 Å². The summed E-state index contributed by atoms with van der Waals surface area (Å²) in [4.78, 5) is 21.6. The minimum absolute atomic E-state index is 0.0131. The molecular weight excluding hydrogens is 307 g/mol. The van der Waals surface area contributed by atoms with Crippen molar-refractivity contribution in [1.82, 2.24) is 5.32 Å². The molecular formula is C11H12BrFN2O3. The number of halogens is 2. The van der Waals surface area contributed by atoms with E-state index < -0.39 is 17.8 Å². The Balaban J connectivity index is 2.59. The van der Waals surface area contributed by atoms with E-state index in [2.05, 4.69) is 26.6 Å². The number of nitrogens with one attached hydrogen (secondary N) is 2. The van der Waals surface area contributed by atoms with Gasteiger partial charge in [0, 0.05) is 12.2 Å². The lowest BCUT2D eigenvalue weighted by molar-refractivity contribution is -0.136. The molecule has 18 heavy (non-hydrogen) atoms. The summed E-state index contributed by atoms with van der Waals surface area (Å²) in [5.41, 5.74) is 1.03. The van der Waals surface area contributed by atoms with Crippen LogP contribution in [0.15, 0.2) is 16.6 Å². The second-order valence-electron chi connectivity index (χ2n) is 3.61. The summed E-state index contributed by atoms with van der Waals surface area (Å²) in [6.45, 7) is 1.73. The van der Waals surface area contributed by atoms with Crippen LogP contribution in [0.4, 0.5) is 14.9 Å². The van der Waals surface area contributed by atoms with Crippen molar-refractivity contribution in [3.63, 3.8) is 0 Å². The van der Waals surface area contributed by atoms with Crippen LogP contribution in [0.5, 0.6) is 0 Å². The van der Waals surface area contributed by atoms with Crippen molar-refractivity contribution in [3.05, 3.63) is 28.0 Å². The highest BCUT2D eigenvalue weighted by Crippen LogP contribution is 2.23. The number of carboxylic acids is 1. The van der Waals surface area contributed by atoms with Crippen LogP contribution in [0.2, 0.25) is 0 Å². The van der Waals surface area contributed by atoms with E-state index in [4.69, 9.17) is 5.11 Å². The van der Waals surface area contributed by atoms with E-state index in [0.717, 1.165) is 0 Å². The summed E-state index contributed by atoms with van der Waals surface area (Å²) in [7, 11) is 0. The summed E-state index contributed by atoms with van der Waals surface area (Å²) in [5, 5.41) is 13.2. The summed E-state index contributed by atoms with van der Waals surface area (Å²) < 4.78 is 13.6. The fraction of sp³-hybridized carbons (Fsp3) is 0.273. The highest BCUT2D eigenvalue weighted by Gasteiger charge is 2.08. The van der Waals surface area contributed by atoms with Crippen LogP contribution in [0.25, 0.3) is 0 Å². The van der Waals surface area contributed by atoms with Crippen LogP contribution in [-0.2, 0) is 4.79 Å². The minimum Gasteiger partial charge on any atom is -0.481 e. The molecule has 3 N–H and O–H groups in total. The SMILES string of the molecule is Cc1cc(Br)c(F)cc1NC(=O)NCCC(=O)O. The Bertz CT molecular complexity index is 480. The number of hydrogen-bond acceptors (Lipinski definition) is 2. The number of carbonyl (C=O) groups excluding carboxylic acids is 1. The van der Waals surface area contributed by atoms with Gasteiger partial charge in [0.15, 0.2) is 0 Å². The molecule has 1 aromatic carbocycles. The quantitative estimate of drug-likeness (QED) is 0.798. The molecule has 0 fully saturated rings. The number of amides is 2. The summed E-state index contributed by atoms with van der Waals surface area (Å²) >= 11 is 3.04. The third kappa shape index (κ3) is 4.33. The Morgan fingerprint density at radius 2 is 2.11 bits per heavy atom. The number of carboxylic acid groups (broad SMARTS) is 1. The third-order valence-corrected chi connectivity index (χ3v) is 2.75. The van der Waals surface area contributed by atoms with Crippen LogP contribution in [0.3, 0.4) is 0 Å². The molecule has 0 atom stereocenters. The zero-order chi connectivity index (χ0) is 13.7.